The fourth-order valence-corrected chi connectivity index (χ4v) is 6.09. The lowest BCUT2D eigenvalue weighted by molar-refractivity contribution is 0.608. The molecule has 1 heterocycles. The van der Waals surface area contributed by atoms with Crippen molar-refractivity contribution in [1.29, 1.82) is 0 Å². The number of rotatable bonds is 3. The molecule has 0 fully saturated rings. The average Bonchev–Trinajstić information content (AvgIpc) is 3.38. The van der Waals surface area contributed by atoms with E-state index in [1.807, 2.05) is 12.1 Å². The second-order valence-corrected chi connectivity index (χ2v) is 10.6. The molecule has 1 aromatic heterocycles. The highest BCUT2D eigenvalue weighted by Crippen LogP contribution is 2.49. The Kier molecular flexibility index (Phi) is 4.97. The van der Waals surface area contributed by atoms with Crippen LogP contribution >= 0.6 is 0 Å². The maximum Gasteiger partial charge on any atom is 0.135 e. The molecule has 37 heavy (non-hydrogen) atoms. The van der Waals surface area contributed by atoms with Crippen LogP contribution in [0.4, 0.5) is 5.69 Å². The van der Waals surface area contributed by atoms with Gasteiger partial charge in [-0.05, 0) is 77.1 Å². The molecular formula is C35H29NO. The Morgan fingerprint density at radius 1 is 0.730 bits per heavy atom. The van der Waals surface area contributed by atoms with Crippen LogP contribution in [0.2, 0.25) is 0 Å². The van der Waals surface area contributed by atoms with E-state index in [0.717, 1.165) is 46.2 Å². The van der Waals surface area contributed by atoms with Crippen molar-refractivity contribution in [2.75, 3.05) is 5.32 Å². The molecular weight excluding hydrogens is 450 g/mol. The van der Waals surface area contributed by atoms with Gasteiger partial charge in [-0.25, -0.2) is 0 Å². The number of benzene rings is 4. The van der Waals surface area contributed by atoms with Crippen LogP contribution in [-0.4, -0.2) is 0 Å². The van der Waals surface area contributed by atoms with Crippen LogP contribution in [-0.2, 0) is 5.41 Å². The molecule has 0 aliphatic heterocycles. The van der Waals surface area contributed by atoms with E-state index < -0.39 is 0 Å². The molecule has 0 bridgehead atoms. The smallest absolute Gasteiger partial charge is 0.135 e. The third-order valence-corrected chi connectivity index (χ3v) is 8.04. The minimum atomic E-state index is 0.0939. The van der Waals surface area contributed by atoms with Gasteiger partial charge < -0.3 is 9.73 Å². The van der Waals surface area contributed by atoms with Gasteiger partial charge in [0.25, 0.3) is 0 Å². The third-order valence-electron chi connectivity index (χ3n) is 8.04. The van der Waals surface area contributed by atoms with E-state index in [4.69, 9.17) is 4.42 Å². The van der Waals surface area contributed by atoms with E-state index >= 15 is 0 Å². The zero-order chi connectivity index (χ0) is 25.0. The van der Waals surface area contributed by atoms with Gasteiger partial charge in [0.05, 0.1) is 0 Å². The molecule has 0 saturated carbocycles. The number of allylic oxidation sites excluding steroid dienone is 5. The summed E-state index contributed by atoms with van der Waals surface area (Å²) in [5, 5.41) is 5.96. The van der Waals surface area contributed by atoms with Crippen molar-refractivity contribution in [3.05, 3.63) is 132 Å². The Morgan fingerprint density at radius 2 is 1.49 bits per heavy atom. The molecule has 4 aromatic carbocycles. The number of hydrogen-bond acceptors (Lipinski definition) is 2. The van der Waals surface area contributed by atoms with Crippen molar-refractivity contribution in [1.82, 2.24) is 0 Å². The van der Waals surface area contributed by atoms with Crippen LogP contribution in [0.3, 0.4) is 0 Å². The molecule has 1 N–H and O–H groups in total. The van der Waals surface area contributed by atoms with Gasteiger partial charge in [0.2, 0.25) is 0 Å². The number of furan rings is 1. The molecule has 0 saturated heterocycles. The summed E-state index contributed by atoms with van der Waals surface area (Å²) in [7, 11) is 0. The minimum absolute atomic E-state index is 0.0939. The Hall–Kier alpha value is -4.30. The average molecular weight is 480 g/mol. The van der Waals surface area contributed by atoms with E-state index in [1.54, 1.807) is 5.57 Å². The van der Waals surface area contributed by atoms with Gasteiger partial charge in [0.15, 0.2) is 0 Å². The van der Waals surface area contributed by atoms with E-state index in [2.05, 4.69) is 116 Å². The van der Waals surface area contributed by atoms with Gasteiger partial charge in [-0.15, -0.1) is 0 Å². The normalized spacial score (nSPS) is 18.6. The number of fused-ring (bicyclic) bond motifs is 5. The summed E-state index contributed by atoms with van der Waals surface area (Å²) in [6.45, 7) is 4.72. The summed E-state index contributed by atoms with van der Waals surface area (Å²) in [5.74, 6) is 0. The predicted molar refractivity (Wildman–Crippen MR) is 156 cm³/mol. The SMILES string of the molecule is CC1(C)C2=C(/C=C\C(Nc3ccc(-c4ccc5oc6ccccc6c5c4)cc3)=C/CC2)c2ccccc21. The van der Waals surface area contributed by atoms with Crippen LogP contribution in [0, 0.1) is 0 Å². The molecule has 2 heteroatoms. The van der Waals surface area contributed by atoms with Crippen molar-refractivity contribution in [3.63, 3.8) is 0 Å². The van der Waals surface area contributed by atoms with E-state index in [9.17, 15) is 0 Å². The quantitative estimate of drug-likeness (QED) is 0.279. The largest absolute Gasteiger partial charge is 0.456 e. The van der Waals surface area contributed by atoms with Crippen LogP contribution in [0.5, 0.6) is 0 Å². The first-order chi connectivity index (χ1) is 18.1. The van der Waals surface area contributed by atoms with E-state index in [-0.39, 0.29) is 5.41 Å². The molecule has 0 amide bonds. The van der Waals surface area contributed by atoms with Gasteiger partial charge in [0, 0.05) is 27.6 Å². The summed E-state index contributed by atoms with van der Waals surface area (Å²) in [4.78, 5) is 0. The van der Waals surface area contributed by atoms with Gasteiger partial charge in [0.1, 0.15) is 11.2 Å². The number of hydrogen-bond donors (Lipinski definition) is 1. The number of anilines is 1. The first-order valence-electron chi connectivity index (χ1n) is 13.1. The molecule has 0 spiro atoms. The van der Waals surface area contributed by atoms with Gasteiger partial charge in [-0.2, -0.15) is 0 Å². The van der Waals surface area contributed by atoms with Crippen LogP contribution in [0.25, 0.3) is 38.6 Å². The predicted octanol–water partition coefficient (Wildman–Crippen LogP) is 9.64. The van der Waals surface area contributed by atoms with Crippen molar-refractivity contribution < 1.29 is 4.42 Å². The molecule has 7 rings (SSSR count). The lowest BCUT2D eigenvalue weighted by Gasteiger charge is -2.25. The molecule has 2 nitrogen and oxygen atoms in total. The van der Waals surface area contributed by atoms with Crippen molar-refractivity contribution >= 4 is 33.2 Å². The van der Waals surface area contributed by atoms with Crippen molar-refractivity contribution in [2.45, 2.75) is 32.1 Å². The van der Waals surface area contributed by atoms with Gasteiger partial charge in [-0.1, -0.05) is 92.2 Å². The molecule has 5 aromatic rings. The maximum atomic E-state index is 6.00. The Labute approximate surface area is 217 Å². The highest BCUT2D eigenvalue weighted by Gasteiger charge is 2.36. The summed E-state index contributed by atoms with van der Waals surface area (Å²) in [6, 6.07) is 32.3. The van der Waals surface area contributed by atoms with Crippen LogP contribution in [0.15, 0.2) is 125 Å². The zero-order valence-electron chi connectivity index (χ0n) is 21.2. The molecule has 0 radical (unpaired) electrons. The number of para-hydroxylation sites is 1. The monoisotopic (exact) mass is 479 g/mol. The fraction of sp³-hybridized carbons (Fsp3) is 0.143. The summed E-state index contributed by atoms with van der Waals surface area (Å²) in [5.41, 5.74) is 12.3. The fourth-order valence-electron chi connectivity index (χ4n) is 6.09. The Morgan fingerprint density at radius 3 is 2.38 bits per heavy atom. The van der Waals surface area contributed by atoms with E-state index in [1.165, 1.54) is 27.8 Å². The van der Waals surface area contributed by atoms with Crippen molar-refractivity contribution in [2.24, 2.45) is 0 Å². The second-order valence-electron chi connectivity index (χ2n) is 10.6. The molecule has 2 aliphatic carbocycles. The highest BCUT2D eigenvalue weighted by atomic mass is 16.3. The van der Waals surface area contributed by atoms with Gasteiger partial charge >= 0.3 is 0 Å². The molecule has 0 unspecified atom stereocenters. The summed E-state index contributed by atoms with van der Waals surface area (Å²) >= 11 is 0. The third kappa shape index (κ3) is 3.64. The lowest BCUT2D eigenvalue weighted by atomic mass is 9.79. The second kappa shape index (κ2) is 8.38. The van der Waals surface area contributed by atoms with Crippen molar-refractivity contribution in [3.8, 4) is 11.1 Å². The zero-order valence-corrected chi connectivity index (χ0v) is 21.2. The first kappa shape index (κ1) is 21.9. The topological polar surface area (TPSA) is 25.2 Å². The van der Waals surface area contributed by atoms with E-state index in [0.29, 0.717) is 0 Å². The minimum Gasteiger partial charge on any atom is -0.456 e. The summed E-state index contributed by atoms with van der Waals surface area (Å²) in [6.07, 6.45) is 8.97. The van der Waals surface area contributed by atoms with Gasteiger partial charge in [-0.3, -0.25) is 0 Å². The standard InChI is InChI=1S/C35H29NO/c1-35(2)31-11-5-3-9-27(31)28-20-19-25(8-7-12-32(28)35)36-26-17-14-23(15-18-26)24-16-21-34-30(22-24)29-10-4-6-13-33(29)37-34/h3-6,8-11,13-22,36H,7,12H2,1-2H3/b20-19-,25-8+. The molecule has 2 aliphatic rings. The Balaban J connectivity index is 1.14. The molecule has 180 valence electrons. The van der Waals surface area contributed by atoms with Crippen LogP contribution < -0.4 is 5.32 Å². The number of nitrogens with one attached hydrogen (secondary N) is 1. The highest BCUT2D eigenvalue weighted by molar-refractivity contribution is 6.06. The summed E-state index contributed by atoms with van der Waals surface area (Å²) < 4.78 is 6.00. The molecule has 0 atom stereocenters. The lowest BCUT2D eigenvalue weighted by Crippen LogP contribution is -2.17. The van der Waals surface area contributed by atoms with Crippen LogP contribution in [0.1, 0.15) is 37.8 Å². The maximum absolute atomic E-state index is 6.00. The first-order valence-corrected chi connectivity index (χ1v) is 13.1. The Bertz CT molecular complexity index is 1760.